The summed E-state index contributed by atoms with van der Waals surface area (Å²) in [7, 11) is -2.17. The van der Waals surface area contributed by atoms with Crippen molar-refractivity contribution in [2.75, 3.05) is 18.1 Å². The molecule has 0 amide bonds. The molecule has 0 aromatic heterocycles. The average molecular weight is 391 g/mol. The highest BCUT2D eigenvalue weighted by atomic mass is 79.9. The normalized spacial score (nSPS) is 11.4. The van der Waals surface area contributed by atoms with E-state index in [1.54, 1.807) is 18.2 Å². The second-order valence-electron chi connectivity index (χ2n) is 4.21. The topological polar surface area (TPSA) is 84.2 Å². The summed E-state index contributed by atoms with van der Waals surface area (Å²) in [6.45, 7) is 0. The first-order valence-corrected chi connectivity index (χ1v) is 8.54. The quantitative estimate of drug-likeness (QED) is 0.699. The Morgan fingerprint density at radius 2 is 1.81 bits per heavy atom. The standard InChI is InChI=1S/C13H13BrClN3O2S/c1-17-21(19,20)9-3-5-13(11(16)7-9)18-12-4-2-8(14)6-10(12)15/h2-7,17-18H,16H2,1H3. The molecule has 8 heteroatoms. The molecule has 2 aromatic rings. The van der Waals surface area contributed by atoms with Crippen LogP contribution in [0.3, 0.4) is 0 Å². The van der Waals surface area contributed by atoms with Crippen LogP contribution >= 0.6 is 27.5 Å². The zero-order valence-electron chi connectivity index (χ0n) is 11.0. The fraction of sp³-hybridized carbons (Fsp3) is 0.0769. The Kier molecular flexibility index (Phi) is 4.77. The highest BCUT2D eigenvalue weighted by molar-refractivity contribution is 9.10. The molecule has 2 aromatic carbocycles. The predicted molar refractivity (Wildman–Crippen MR) is 89.5 cm³/mol. The second-order valence-corrected chi connectivity index (χ2v) is 7.42. The van der Waals surface area contributed by atoms with Crippen LogP contribution < -0.4 is 15.8 Å². The molecule has 2 rings (SSSR count). The van der Waals surface area contributed by atoms with Crippen molar-refractivity contribution in [1.82, 2.24) is 4.72 Å². The maximum absolute atomic E-state index is 11.7. The van der Waals surface area contributed by atoms with E-state index in [-0.39, 0.29) is 4.90 Å². The highest BCUT2D eigenvalue weighted by Crippen LogP contribution is 2.31. The summed E-state index contributed by atoms with van der Waals surface area (Å²) < 4.78 is 26.5. The molecule has 0 unspecified atom stereocenters. The summed E-state index contributed by atoms with van der Waals surface area (Å²) in [6, 6.07) is 9.84. The van der Waals surface area contributed by atoms with E-state index in [9.17, 15) is 8.42 Å². The van der Waals surface area contributed by atoms with Gasteiger partial charge in [0.15, 0.2) is 0 Å². The van der Waals surface area contributed by atoms with Crippen molar-refractivity contribution in [3.05, 3.63) is 45.9 Å². The number of nitrogens with two attached hydrogens (primary N) is 1. The molecule has 21 heavy (non-hydrogen) atoms. The lowest BCUT2D eigenvalue weighted by Crippen LogP contribution is -2.18. The smallest absolute Gasteiger partial charge is 0.240 e. The number of nitrogens with one attached hydrogen (secondary N) is 2. The van der Waals surface area contributed by atoms with E-state index in [1.807, 2.05) is 6.07 Å². The molecule has 0 aliphatic rings. The zero-order valence-corrected chi connectivity index (χ0v) is 14.2. The van der Waals surface area contributed by atoms with Crippen LogP contribution in [0, 0.1) is 0 Å². The van der Waals surface area contributed by atoms with Crippen molar-refractivity contribution in [2.45, 2.75) is 4.90 Å². The molecule has 4 N–H and O–H groups in total. The van der Waals surface area contributed by atoms with E-state index in [0.717, 1.165) is 4.47 Å². The molecular formula is C13H13BrClN3O2S. The van der Waals surface area contributed by atoms with Crippen LogP contribution in [0.4, 0.5) is 17.1 Å². The lowest BCUT2D eigenvalue weighted by Gasteiger charge is -2.12. The fourth-order valence-electron chi connectivity index (χ4n) is 1.68. The van der Waals surface area contributed by atoms with Gasteiger partial charge in [-0.1, -0.05) is 27.5 Å². The predicted octanol–water partition coefficient (Wildman–Crippen LogP) is 3.34. The van der Waals surface area contributed by atoms with E-state index in [4.69, 9.17) is 17.3 Å². The van der Waals surface area contributed by atoms with Crippen LogP contribution in [0.25, 0.3) is 0 Å². The third kappa shape index (κ3) is 3.68. The van der Waals surface area contributed by atoms with Gasteiger partial charge in [0.1, 0.15) is 0 Å². The molecule has 0 fully saturated rings. The average Bonchev–Trinajstić information content (AvgIpc) is 2.43. The summed E-state index contributed by atoms with van der Waals surface area (Å²) in [6.07, 6.45) is 0. The SMILES string of the molecule is CNS(=O)(=O)c1ccc(Nc2ccc(Br)cc2Cl)c(N)c1. The molecule has 0 aliphatic heterocycles. The van der Waals surface area contributed by atoms with Gasteiger partial charge in [-0.05, 0) is 43.4 Å². The molecule has 0 bridgehead atoms. The Labute approximate surface area is 136 Å². The fourth-order valence-corrected chi connectivity index (χ4v) is 3.16. The second kappa shape index (κ2) is 6.23. The molecule has 0 saturated carbocycles. The Balaban J connectivity index is 2.34. The van der Waals surface area contributed by atoms with E-state index in [1.165, 1.54) is 19.2 Å². The number of sulfonamides is 1. The molecule has 0 radical (unpaired) electrons. The largest absolute Gasteiger partial charge is 0.397 e. The van der Waals surface area contributed by atoms with Crippen LogP contribution in [0.1, 0.15) is 0 Å². The molecule has 0 atom stereocenters. The molecule has 5 nitrogen and oxygen atoms in total. The molecular weight excluding hydrogens is 378 g/mol. The first-order chi connectivity index (χ1) is 9.83. The highest BCUT2D eigenvalue weighted by Gasteiger charge is 2.13. The number of anilines is 3. The monoisotopic (exact) mass is 389 g/mol. The van der Waals surface area contributed by atoms with Crippen LogP contribution in [0.2, 0.25) is 5.02 Å². The van der Waals surface area contributed by atoms with Gasteiger partial charge < -0.3 is 11.1 Å². The van der Waals surface area contributed by atoms with Gasteiger partial charge in [0.2, 0.25) is 10.0 Å². The Morgan fingerprint density at radius 1 is 1.14 bits per heavy atom. The maximum atomic E-state index is 11.7. The molecule has 0 saturated heterocycles. The summed E-state index contributed by atoms with van der Waals surface area (Å²) >= 11 is 9.44. The Bertz CT molecular complexity index is 781. The molecule has 0 heterocycles. The molecule has 0 spiro atoms. The van der Waals surface area contributed by atoms with Gasteiger partial charge in [0.05, 0.1) is 27.0 Å². The van der Waals surface area contributed by atoms with E-state index < -0.39 is 10.0 Å². The molecule has 112 valence electrons. The number of rotatable bonds is 4. The van der Waals surface area contributed by atoms with Gasteiger partial charge in [0.25, 0.3) is 0 Å². The number of hydrogen-bond acceptors (Lipinski definition) is 4. The minimum absolute atomic E-state index is 0.106. The van der Waals surface area contributed by atoms with Crippen molar-refractivity contribution in [3.8, 4) is 0 Å². The van der Waals surface area contributed by atoms with Gasteiger partial charge in [-0.25, -0.2) is 13.1 Å². The molecule has 0 aliphatic carbocycles. The number of nitrogen functional groups attached to an aromatic ring is 1. The number of halogens is 2. The van der Waals surface area contributed by atoms with Crippen molar-refractivity contribution < 1.29 is 8.42 Å². The van der Waals surface area contributed by atoms with Crippen LogP contribution in [0.5, 0.6) is 0 Å². The third-order valence-electron chi connectivity index (χ3n) is 2.80. The summed E-state index contributed by atoms with van der Waals surface area (Å²) in [4.78, 5) is 0.106. The van der Waals surface area contributed by atoms with Crippen molar-refractivity contribution in [2.24, 2.45) is 0 Å². The van der Waals surface area contributed by atoms with E-state index in [0.29, 0.717) is 22.1 Å². The first-order valence-electron chi connectivity index (χ1n) is 5.88. The maximum Gasteiger partial charge on any atom is 0.240 e. The van der Waals surface area contributed by atoms with Crippen molar-refractivity contribution in [3.63, 3.8) is 0 Å². The Morgan fingerprint density at radius 3 is 2.38 bits per heavy atom. The minimum Gasteiger partial charge on any atom is -0.397 e. The van der Waals surface area contributed by atoms with Gasteiger partial charge in [-0.3, -0.25) is 0 Å². The van der Waals surface area contributed by atoms with Crippen molar-refractivity contribution >= 4 is 54.6 Å². The third-order valence-corrected chi connectivity index (χ3v) is 5.02. The van der Waals surface area contributed by atoms with Gasteiger partial charge in [-0.15, -0.1) is 0 Å². The van der Waals surface area contributed by atoms with Crippen LogP contribution in [0.15, 0.2) is 45.8 Å². The summed E-state index contributed by atoms with van der Waals surface area (Å²) in [5, 5.41) is 3.60. The van der Waals surface area contributed by atoms with Gasteiger partial charge in [-0.2, -0.15) is 0 Å². The zero-order chi connectivity index (χ0) is 15.6. The summed E-state index contributed by atoms with van der Waals surface area (Å²) in [5.74, 6) is 0. The lowest BCUT2D eigenvalue weighted by atomic mass is 10.2. The number of hydrogen-bond donors (Lipinski definition) is 3. The van der Waals surface area contributed by atoms with Crippen LogP contribution in [-0.4, -0.2) is 15.5 Å². The summed E-state index contributed by atoms with van der Waals surface area (Å²) in [5.41, 5.74) is 7.46. The van der Waals surface area contributed by atoms with E-state index >= 15 is 0 Å². The lowest BCUT2D eigenvalue weighted by molar-refractivity contribution is 0.588. The van der Waals surface area contributed by atoms with Gasteiger partial charge in [0, 0.05) is 4.47 Å². The van der Waals surface area contributed by atoms with E-state index in [2.05, 4.69) is 26.0 Å². The minimum atomic E-state index is -3.51. The van der Waals surface area contributed by atoms with Crippen molar-refractivity contribution in [1.29, 1.82) is 0 Å². The Hall–Kier alpha value is -1.28. The van der Waals surface area contributed by atoms with Crippen LogP contribution in [-0.2, 0) is 10.0 Å². The number of benzene rings is 2. The first kappa shape index (κ1) is 16.1. The van der Waals surface area contributed by atoms with Gasteiger partial charge >= 0.3 is 0 Å².